The van der Waals surface area contributed by atoms with Gasteiger partial charge >= 0.3 is 0 Å². The number of nitrogens with zero attached hydrogens (tertiary/aromatic N) is 1. The zero-order valence-corrected chi connectivity index (χ0v) is 12.0. The van der Waals surface area contributed by atoms with E-state index in [2.05, 4.69) is 11.8 Å². The number of amides is 3. The van der Waals surface area contributed by atoms with Crippen LogP contribution in [0, 0.1) is 11.8 Å². The summed E-state index contributed by atoms with van der Waals surface area (Å²) in [6.45, 7) is -0.804. The summed E-state index contributed by atoms with van der Waals surface area (Å²) in [7, 11) is 0. The number of hydrogen-bond acceptors (Lipinski definition) is 5. The fourth-order valence-electron chi connectivity index (χ4n) is 1.48. The van der Waals surface area contributed by atoms with Gasteiger partial charge in [-0.2, -0.15) is 0 Å². The molecule has 0 aliphatic rings. The van der Waals surface area contributed by atoms with E-state index in [0.717, 1.165) is 4.90 Å². The van der Waals surface area contributed by atoms with Gasteiger partial charge in [0.25, 0.3) is 5.91 Å². The lowest BCUT2D eigenvalue weighted by Crippen LogP contribution is -2.43. The lowest BCUT2D eigenvalue weighted by molar-refractivity contribution is -0.121. The number of hydrogen-bond donors (Lipinski definition) is 3. The Labute approximate surface area is 125 Å². The molecule has 0 fully saturated rings. The summed E-state index contributed by atoms with van der Waals surface area (Å²) >= 11 is 1.25. The molecule has 3 amide bonds. The number of rotatable bonds is 6. The van der Waals surface area contributed by atoms with Gasteiger partial charge in [0, 0.05) is 11.8 Å². The zero-order chi connectivity index (χ0) is 15.8. The largest absolute Gasteiger partial charge is 0.395 e. The van der Waals surface area contributed by atoms with Crippen LogP contribution in [0.3, 0.4) is 0 Å². The Balaban J connectivity index is 2.86. The third-order valence-corrected chi connectivity index (χ3v) is 3.12. The van der Waals surface area contributed by atoms with Crippen molar-refractivity contribution in [3.05, 3.63) is 21.9 Å². The van der Waals surface area contributed by atoms with Gasteiger partial charge in [-0.1, -0.05) is 11.8 Å². The first-order chi connectivity index (χ1) is 9.93. The molecule has 0 saturated heterocycles. The van der Waals surface area contributed by atoms with Crippen LogP contribution < -0.4 is 11.5 Å². The van der Waals surface area contributed by atoms with Gasteiger partial charge in [-0.15, -0.1) is 11.3 Å². The normalized spacial score (nSPS) is 9.57. The molecule has 1 aromatic rings. The number of nitrogens with two attached hydrogens (primary N) is 2. The molecule has 1 heterocycles. The predicted molar refractivity (Wildman–Crippen MR) is 77.2 cm³/mol. The molecule has 21 heavy (non-hydrogen) atoms. The molecule has 0 unspecified atom stereocenters. The number of aliphatic hydroxyl groups is 1. The predicted octanol–water partition coefficient (Wildman–Crippen LogP) is -1.11. The average Bonchev–Trinajstić information content (AvgIpc) is 2.85. The average molecular weight is 309 g/mol. The van der Waals surface area contributed by atoms with E-state index < -0.39 is 17.7 Å². The summed E-state index contributed by atoms with van der Waals surface area (Å²) in [6, 6.07) is 1.55. The van der Waals surface area contributed by atoms with E-state index in [9.17, 15) is 14.4 Å². The Morgan fingerprint density at radius 1 is 1.24 bits per heavy atom. The van der Waals surface area contributed by atoms with Crippen molar-refractivity contribution in [2.75, 3.05) is 19.7 Å². The molecule has 7 nitrogen and oxygen atoms in total. The van der Waals surface area contributed by atoms with E-state index >= 15 is 0 Å². The van der Waals surface area contributed by atoms with Crippen molar-refractivity contribution in [3.8, 4) is 11.8 Å². The van der Waals surface area contributed by atoms with Crippen molar-refractivity contribution >= 4 is 29.1 Å². The van der Waals surface area contributed by atoms with Gasteiger partial charge in [-0.25, -0.2) is 0 Å². The Bertz CT molecular complexity index is 584. The molecule has 0 aliphatic heterocycles. The molecular formula is C13H15N3O4S. The van der Waals surface area contributed by atoms with Crippen molar-refractivity contribution < 1.29 is 19.5 Å². The SMILES string of the molecule is NC(=O)CN(CC(N)=O)C(=O)c1csc(C#CCCO)c1. The highest BCUT2D eigenvalue weighted by molar-refractivity contribution is 7.10. The Morgan fingerprint density at radius 2 is 1.86 bits per heavy atom. The molecule has 112 valence electrons. The van der Waals surface area contributed by atoms with Crippen LogP contribution in [0.5, 0.6) is 0 Å². The molecule has 0 atom stereocenters. The van der Waals surface area contributed by atoms with Crippen LogP contribution in [0.2, 0.25) is 0 Å². The summed E-state index contributed by atoms with van der Waals surface area (Å²) in [5.41, 5.74) is 10.4. The first-order valence-electron chi connectivity index (χ1n) is 5.98. The zero-order valence-electron chi connectivity index (χ0n) is 11.2. The second kappa shape index (κ2) is 8.04. The molecule has 8 heteroatoms. The molecule has 0 spiro atoms. The minimum absolute atomic E-state index is 0.0326. The number of primary amides is 2. The number of carbonyl (C=O) groups is 3. The van der Waals surface area contributed by atoms with E-state index in [4.69, 9.17) is 16.6 Å². The van der Waals surface area contributed by atoms with Gasteiger partial charge < -0.3 is 21.5 Å². The molecule has 5 N–H and O–H groups in total. The quantitative estimate of drug-likeness (QED) is 0.576. The summed E-state index contributed by atoms with van der Waals surface area (Å²) in [5.74, 6) is 3.55. The van der Waals surface area contributed by atoms with Crippen LogP contribution in [0.4, 0.5) is 0 Å². The van der Waals surface area contributed by atoms with Crippen LogP contribution in [-0.4, -0.2) is 47.4 Å². The Kier molecular flexibility index (Phi) is 6.39. The molecule has 0 saturated carbocycles. The molecule has 0 aliphatic carbocycles. The van der Waals surface area contributed by atoms with Crippen molar-refractivity contribution in [3.63, 3.8) is 0 Å². The maximum absolute atomic E-state index is 12.2. The van der Waals surface area contributed by atoms with E-state index in [1.165, 1.54) is 11.3 Å². The third kappa shape index (κ3) is 5.64. The summed E-state index contributed by atoms with van der Waals surface area (Å²) < 4.78 is 0. The minimum atomic E-state index is -0.734. The minimum Gasteiger partial charge on any atom is -0.395 e. The van der Waals surface area contributed by atoms with Gasteiger partial charge in [0.05, 0.1) is 17.0 Å². The topological polar surface area (TPSA) is 127 Å². The lowest BCUT2D eigenvalue weighted by atomic mass is 10.2. The summed E-state index contributed by atoms with van der Waals surface area (Å²) in [4.78, 5) is 35.7. The first kappa shape index (κ1) is 16.7. The number of aliphatic hydroxyl groups excluding tert-OH is 1. The van der Waals surface area contributed by atoms with Crippen LogP contribution in [0.15, 0.2) is 11.4 Å². The van der Waals surface area contributed by atoms with Gasteiger partial charge in [0.1, 0.15) is 13.1 Å². The number of carbonyl (C=O) groups excluding carboxylic acids is 3. The van der Waals surface area contributed by atoms with Crippen LogP contribution in [0.1, 0.15) is 21.7 Å². The van der Waals surface area contributed by atoms with Gasteiger partial charge in [0.15, 0.2) is 0 Å². The van der Waals surface area contributed by atoms with Crippen LogP contribution in [0.25, 0.3) is 0 Å². The second-order valence-electron chi connectivity index (χ2n) is 4.07. The highest BCUT2D eigenvalue weighted by atomic mass is 32.1. The van der Waals surface area contributed by atoms with E-state index in [1.54, 1.807) is 11.4 Å². The van der Waals surface area contributed by atoms with Crippen LogP contribution in [-0.2, 0) is 9.59 Å². The highest BCUT2D eigenvalue weighted by Gasteiger charge is 2.20. The number of thiophene rings is 1. The third-order valence-electron chi connectivity index (χ3n) is 2.28. The van der Waals surface area contributed by atoms with Crippen molar-refractivity contribution in [2.45, 2.75) is 6.42 Å². The van der Waals surface area contributed by atoms with Crippen LogP contribution >= 0.6 is 11.3 Å². The summed E-state index contributed by atoms with van der Waals surface area (Å²) in [6.07, 6.45) is 0.344. The molecule has 0 aromatic carbocycles. The Hall–Kier alpha value is -2.37. The van der Waals surface area contributed by atoms with Crippen molar-refractivity contribution in [2.24, 2.45) is 11.5 Å². The van der Waals surface area contributed by atoms with Crippen molar-refractivity contribution in [1.29, 1.82) is 0 Å². The molecule has 1 rings (SSSR count). The second-order valence-corrected chi connectivity index (χ2v) is 4.98. The molecule has 0 bridgehead atoms. The van der Waals surface area contributed by atoms with Crippen molar-refractivity contribution in [1.82, 2.24) is 4.90 Å². The monoisotopic (exact) mass is 309 g/mol. The fraction of sp³-hybridized carbons (Fsp3) is 0.308. The lowest BCUT2D eigenvalue weighted by Gasteiger charge is -2.18. The standard InChI is InChI=1S/C13H15N3O4S/c14-11(18)6-16(7-12(15)19)13(20)9-5-10(21-8-9)3-1-2-4-17/h5,8,17H,2,4,6-7H2,(H2,14,18)(H2,15,19). The van der Waals surface area contributed by atoms with E-state index in [-0.39, 0.29) is 19.7 Å². The smallest absolute Gasteiger partial charge is 0.255 e. The van der Waals surface area contributed by atoms with Gasteiger partial charge in [-0.05, 0) is 6.07 Å². The van der Waals surface area contributed by atoms with Gasteiger partial charge in [-0.3, -0.25) is 14.4 Å². The van der Waals surface area contributed by atoms with E-state index in [1.807, 2.05) is 0 Å². The van der Waals surface area contributed by atoms with Gasteiger partial charge in [0.2, 0.25) is 11.8 Å². The first-order valence-corrected chi connectivity index (χ1v) is 6.86. The summed E-state index contributed by atoms with van der Waals surface area (Å²) in [5, 5.41) is 10.2. The maximum atomic E-state index is 12.2. The Morgan fingerprint density at radius 3 is 2.38 bits per heavy atom. The fourth-order valence-corrected chi connectivity index (χ4v) is 2.23. The highest BCUT2D eigenvalue weighted by Crippen LogP contribution is 2.15. The van der Waals surface area contributed by atoms with E-state index in [0.29, 0.717) is 16.9 Å². The molecule has 1 aromatic heterocycles. The molecule has 0 radical (unpaired) electrons. The molecular weight excluding hydrogens is 294 g/mol. The maximum Gasteiger partial charge on any atom is 0.255 e.